The molecule has 0 unspecified atom stereocenters. The van der Waals surface area contributed by atoms with Crippen LogP contribution in [-0.2, 0) is 18.2 Å². The number of primary amides is 1. The van der Waals surface area contributed by atoms with Crippen molar-refractivity contribution in [3.63, 3.8) is 0 Å². The first-order valence-electron chi connectivity index (χ1n) is 6.93. The number of hydrogen-bond acceptors (Lipinski definition) is 4. The van der Waals surface area contributed by atoms with Gasteiger partial charge in [-0.3, -0.25) is 9.48 Å². The van der Waals surface area contributed by atoms with E-state index in [1.165, 1.54) is 0 Å². The van der Waals surface area contributed by atoms with Crippen LogP contribution in [0.4, 0.5) is 0 Å². The fraction of sp³-hybridized carbons (Fsp3) is 0.400. The van der Waals surface area contributed by atoms with E-state index >= 15 is 0 Å². The molecule has 2 N–H and O–H groups in total. The van der Waals surface area contributed by atoms with E-state index in [9.17, 15) is 4.79 Å². The molecular formula is C15H18N4O2. The average molecular weight is 286 g/mol. The summed E-state index contributed by atoms with van der Waals surface area (Å²) in [5, 5.41) is 4.20. The molecule has 0 saturated carbocycles. The van der Waals surface area contributed by atoms with Gasteiger partial charge in [-0.1, -0.05) is 0 Å². The van der Waals surface area contributed by atoms with E-state index in [1.807, 2.05) is 27.1 Å². The van der Waals surface area contributed by atoms with Crippen LogP contribution in [0.5, 0.6) is 0 Å². The minimum absolute atomic E-state index is 0.115. The quantitative estimate of drug-likeness (QED) is 0.909. The molecule has 0 saturated heterocycles. The molecule has 6 nitrogen and oxygen atoms in total. The molecule has 2 atom stereocenters. The van der Waals surface area contributed by atoms with Crippen molar-refractivity contribution in [3.8, 4) is 11.1 Å². The average Bonchev–Trinajstić information content (AvgIpc) is 2.84. The van der Waals surface area contributed by atoms with E-state index in [2.05, 4.69) is 10.1 Å². The van der Waals surface area contributed by atoms with Crippen molar-refractivity contribution in [2.45, 2.75) is 32.5 Å². The summed E-state index contributed by atoms with van der Waals surface area (Å²) in [6, 6.07) is 1.75. The van der Waals surface area contributed by atoms with Gasteiger partial charge in [-0.05, 0) is 31.0 Å². The molecule has 110 valence electrons. The highest BCUT2D eigenvalue weighted by Crippen LogP contribution is 2.35. The molecule has 3 heterocycles. The fourth-order valence-electron chi connectivity index (χ4n) is 2.83. The summed E-state index contributed by atoms with van der Waals surface area (Å²) in [6.45, 7) is 3.98. The highest BCUT2D eigenvalue weighted by atomic mass is 16.5. The van der Waals surface area contributed by atoms with Crippen LogP contribution >= 0.6 is 0 Å². The zero-order valence-corrected chi connectivity index (χ0v) is 12.3. The largest absolute Gasteiger partial charge is 0.369 e. The van der Waals surface area contributed by atoms with Gasteiger partial charge in [-0.25, -0.2) is 4.98 Å². The third-order valence-corrected chi connectivity index (χ3v) is 3.74. The fourth-order valence-corrected chi connectivity index (χ4v) is 2.83. The Bertz CT molecular complexity index is 708. The summed E-state index contributed by atoms with van der Waals surface area (Å²) in [4.78, 5) is 15.9. The molecule has 2 aromatic heterocycles. The van der Waals surface area contributed by atoms with Crippen LogP contribution < -0.4 is 5.73 Å². The second-order valence-electron chi connectivity index (χ2n) is 5.48. The number of nitrogens with zero attached hydrogens (tertiary/aromatic N) is 3. The third kappa shape index (κ3) is 2.42. The molecule has 3 rings (SSSR count). The topological polar surface area (TPSA) is 83.0 Å². The summed E-state index contributed by atoms with van der Waals surface area (Å²) in [5.41, 5.74) is 9.50. The molecular weight excluding hydrogens is 268 g/mol. The van der Waals surface area contributed by atoms with Crippen LogP contribution in [0.25, 0.3) is 11.1 Å². The number of fused-ring (bicyclic) bond motifs is 1. The highest BCUT2D eigenvalue weighted by molar-refractivity contribution is 5.92. The van der Waals surface area contributed by atoms with Crippen LogP contribution in [0.2, 0.25) is 0 Å². The second-order valence-corrected chi connectivity index (χ2v) is 5.48. The van der Waals surface area contributed by atoms with Crippen LogP contribution in [0.1, 0.15) is 41.7 Å². The lowest BCUT2D eigenvalue weighted by atomic mass is 9.92. The van der Waals surface area contributed by atoms with Crippen molar-refractivity contribution in [2.24, 2.45) is 12.8 Å². The predicted molar refractivity (Wildman–Crippen MR) is 77.6 cm³/mol. The summed E-state index contributed by atoms with van der Waals surface area (Å²) in [5.74, 6) is -0.534. The minimum atomic E-state index is -0.534. The van der Waals surface area contributed by atoms with Gasteiger partial charge in [0.25, 0.3) is 5.91 Å². The van der Waals surface area contributed by atoms with Gasteiger partial charge in [-0.15, -0.1) is 0 Å². The summed E-state index contributed by atoms with van der Waals surface area (Å²) >= 11 is 0. The highest BCUT2D eigenvalue weighted by Gasteiger charge is 2.27. The Labute approximate surface area is 122 Å². The monoisotopic (exact) mass is 286 g/mol. The lowest BCUT2D eigenvalue weighted by Crippen LogP contribution is -2.26. The molecule has 0 fully saturated rings. The van der Waals surface area contributed by atoms with Gasteiger partial charge >= 0.3 is 0 Å². The Kier molecular flexibility index (Phi) is 3.25. The van der Waals surface area contributed by atoms with Crippen LogP contribution in [0.15, 0.2) is 18.5 Å². The second kappa shape index (κ2) is 4.96. The number of aromatic nitrogens is 3. The van der Waals surface area contributed by atoms with Crippen LogP contribution in [-0.4, -0.2) is 26.8 Å². The van der Waals surface area contributed by atoms with Crippen molar-refractivity contribution in [1.82, 2.24) is 14.8 Å². The molecule has 2 aromatic rings. The Morgan fingerprint density at radius 3 is 2.86 bits per heavy atom. The number of rotatable bonds is 2. The van der Waals surface area contributed by atoms with Gasteiger partial charge in [0.2, 0.25) is 0 Å². The SMILES string of the molecule is C[C@H]1Cc2c(-c3cnn(C)c3)cc(C(N)=O)nc2[C@@H](C)O1. The number of pyridine rings is 1. The van der Waals surface area contributed by atoms with Crippen molar-refractivity contribution < 1.29 is 9.53 Å². The first-order valence-corrected chi connectivity index (χ1v) is 6.93. The molecule has 1 aliphatic rings. The van der Waals surface area contributed by atoms with E-state index in [0.29, 0.717) is 0 Å². The Hall–Kier alpha value is -2.21. The van der Waals surface area contributed by atoms with Crippen molar-refractivity contribution >= 4 is 5.91 Å². The molecule has 0 aromatic carbocycles. The van der Waals surface area contributed by atoms with Crippen LogP contribution in [0, 0.1) is 0 Å². The standard InChI is InChI=1S/C15H18N4O2/c1-8-4-12-11(10-6-17-19(3)7-10)5-13(15(16)20)18-14(12)9(2)21-8/h5-9H,4H2,1-3H3,(H2,16,20)/t8-,9+/m0/s1. The summed E-state index contributed by atoms with van der Waals surface area (Å²) in [6.07, 6.45) is 4.43. The molecule has 1 aliphatic heterocycles. The van der Waals surface area contributed by atoms with Gasteiger partial charge in [0.05, 0.1) is 24.1 Å². The Morgan fingerprint density at radius 1 is 1.48 bits per heavy atom. The molecule has 0 spiro atoms. The minimum Gasteiger partial charge on any atom is -0.369 e. The van der Waals surface area contributed by atoms with E-state index in [-0.39, 0.29) is 17.9 Å². The van der Waals surface area contributed by atoms with Gasteiger partial charge in [0, 0.05) is 25.2 Å². The van der Waals surface area contributed by atoms with E-state index in [4.69, 9.17) is 10.5 Å². The predicted octanol–water partition coefficient (Wildman–Crippen LogP) is 1.60. The first kappa shape index (κ1) is 13.8. The smallest absolute Gasteiger partial charge is 0.267 e. The van der Waals surface area contributed by atoms with Gasteiger partial charge in [-0.2, -0.15) is 5.10 Å². The van der Waals surface area contributed by atoms with E-state index < -0.39 is 5.91 Å². The number of carbonyl (C=O) groups excluding carboxylic acids is 1. The normalized spacial score (nSPS) is 21.1. The van der Waals surface area contributed by atoms with Gasteiger partial charge < -0.3 is 10.5 Å². The molecule has 21 heavy (non-hydrogen) atoms. The third-order valence-electron chi connectivity index (χ3n) is 3.74. The van der Waals surface area contributed by atoms with E-state index in [0.717, 1.165) is 28.8 Å². The number of amides is 1. The first-order chi connectivity index (χ1) is 9.95. The van der Waals surface area contributed by atoms with E-state index in [1.54, 1.807) is 16.9 Å². The molecule has 0 radical (unpaired) electrons. The van der Waals surface area contributed by atoms with Crippen molar-refractivity contribution in [1.29, 1.82) is 0 Å². The zero-order valence-electron chi connectivity index (χ0n) is 12.3. The van der Waals surface area contributed by atoms with Crippen LogP contribution in [0.3, 0.4) is 0 Å². The lowest BCUT2D eigenvalue weighted by molar-refractivity contribution is -0.00739. The molecule has 6 heteroatoms. The number of aryl methyl sites for hydroxylation is 1. The maximum Gasteiger partial charge on any atom is 0.267 e. The summed E-state index contributed by atoms with van der Waals surface area (Å²) < 4.78 is 7.54. The van der Waals surface area contributed by atoms with Gasteiger partial charge in [0.15, 0.2) is 0 Å². The lowest BCUT2D eigenvalue weighted by Gasteiger charge is -2.29. The maximum absolute atomic E-state index is 11.5. The van der Waals surface area contributed by atoms with Crippen molar-refractivity contribution in [2.75, 3.05) is 0 Å². The number of ether oxygens (including phenoxy) is 1. The van der Waals surface area contributed by atoms with Gasteiger partial charge in [0.1, 0.15) is 5.69 Å². The Morgan fingerprint density at radius 2 is 2.24 bits per heavy atom. The van der Waals surface area contributed by atoms with Crippen molar-refractivity contribution in [3.05, 3.63) is 35.4 Å². The number of nitrogens with two attached hydrogens (primary N) is 1. The molecule has 0 aliphatic carbocycles. The maximum atomic E-state index is 11.5. The zero-order chi connectivity index (χ0) is 15.1. The number of hydrogen-bond donors (Lipinski definition) is 1. The Balaban J connectivity index is 2.24. The summed E-state index contributed by atoms with van der Waals surface area (Å²) in [7, 11) is 1.86. The molecule has 0 bridgehead atoms. The number of carbonyl (C=O) groups is 1. The molecule has 1 amide bonds.